The second-order valence-corrected chi connectivity index (χ2v) is 2.62. The molecule has 18 heavy (non-hydrogen) atoms. The number of hydrogen-bond donors (Lipinski definition) is 0. The summed E-state index contributed by atoms with van der Waals surface area (Å²) in [6, 6.07) is 5.27. The van der Waals surface area contributed by atoms with Crippen molar-refractivity contribution in [3.8, 4) is 0 Å². The van der Waals surface area contributed by atoms with Gasteiger partial charge < -0.3 is 0 Å². The van der Waals surface area contributed by atoms with Gasteiger partial charge in [0.05, 0.1) is 12.4 Å². The molecule has 3 aromatic rings. The predicted molar refractivity (Wildman–Crippen MR) is 63.9 cm³/mol. The molecule has 0 atom stereocenters. The molecular weight excluding hydrogens is 230 g/mol. The Morgan fingerprint density at radius 2 is 0.833 bits per heavy atom. The highest BCUT2D eigenvalue weighted by Gasteiger charge is 1.61. The first-order valence-electron chi connectivity index (χ1n) is 4.98. The number of nitrogens with zero attached hydrogens (tertiary/aromatic N) is 7. The molecule has 0 aliphatic heterocycles. The summed E-state index contributed by atoms with van der Waals surface area (Å²) in [4.78, 5) is 14.7. The topological polar surface area (TPSA) is 90.2 Å². The Bertz CT molecular complexity index is 308. The molecule has 0 bridgehead atoms. The molecule has 3 heterocycles. The third kappa shape index (κ3) is 8.48. The van der Waals surface area contributed by atoms with Gasteiger partial charge in [-0.3, -0.25) is 0 Å². The van der Waals surface area contributed by atoms with E-state index >= 15 is 0 Å². The van der Waals surface area contributed by atoms with Gasteiger partial charge in [-0.15, -0.1) is 10.2 Å². The van der Waals surface area contributed by atoms with Gasteiger partial charge in [0.1, 0.15) is 12.7 Å². The molecule has 0 fully saturated rings. The van der Waals surface area contributed by atoms with Gasteiger partial charge in [-0.05, 0) is 23.4 Å². The minimum atomic E-state index is 1.50. The maximum atomic E-state index is 3.67. The highest BCUT2D eigenvalue weighted by atomic mass is 15.3. The largest absolute Gasteiger partial charge is 0.245 e. The summed E-state index contributed by atoms with van der Waals surface area (Å²) in [7, 11) is 0. The molecule has 7 heteroatoms. The van der Waals surface area contributed by atoms with E-state index in [-0.39, 0.29) is 0 Å². The average molecular weight is 241 g/mol. The van der Waals surface area contributed by atoms with Crippen LogP contribution < -0.4 is 0 Å². The molecule has 0 saturated carbocycles. The minimum Gasteiger partial charge on any atom is -0.245 e. The van der Waals surface area contributed by atoms with Crippen LogP contribution in [0.2, 0.25) is 0 Å². The Balaban J connectivity index is 0.000000135. The number of hydrogen-bond acceptors (Lipinski definition) is 7. The monoisotopic (exact) mass is 241 g/mol. The van der Waals surface area contributed by atoms with E-state index in [9.17, 15) is 0 Å². The molecule has 0 radical (unpaired) electrons. The van der Waals surface area contributed by atoms with Crippen LogP contribution >= 0.6 is 0 Å². The van der Waals surface area contributed by atoms with Gasteiger partial charge in [-0.2, -0.15) is 0 Å². The second-order valence-electron chi connectivity index (χ2n) is 2.62. The van der Waals surface area contributed by atoms with Crippen LogP contribution in [0.1, 0.15) is 0 Å². The van der Waals surface area contributed by atoms with Crippen LogP contribution in [0.4, 0.5) is 0 Å². The normalized spacial score (nSPS) is 8.00. The zero-order valence-electron chi connectivity index (χ0n) is 9.48. The molecule has 0 aliphatic rings. The summed E-state index contributed by atoms with van der Waals surface area (Å²) in [5.41, 5.74) is 0. The third-order valence-corrected chi connectivity index (χ3v) is 1.36. The SMILES string of the molecule is c1cncnc1.c1cncnc1.c1cnnnc1. The maximum absolute atomic E-state index is 3.67. The lowest BCUT2D eigenvalue weighted by atomic mass is 10.7. The van der Waals surface area contributed by atoms with Crippen molar-refractivity contribution in [2.24, 2.45) is 0 Å². The lowest BCUT2D eigenvalue weighted by molar-refractivity contribution is 0.865. The van der Waals surface area contributed by atoms with E-state index in [1.165, 1.54) is 12.7 Å². The summed E-state index contributed by atoms with van der Waals surface area (Å²) >= 11 is 0. The number of aromatic nitrogens is 7. The van der Waals surface area contributed by atoms with Crippen LogP contribution in [0, 0.1) is 0 Å². The Kier molecular flexibility index (Phi) is 7.85. The van der Waals surface area contributed by atoms with E-state index in [1.54, 1.807) is 55.4 Å². The molecular formula is C11H11N7. The van der Waals surface area contributed by atoms with Crippen LogP contribution in [-0.4, -0.2) is 35.3 Å². The fourth-order valence-corrected chi connectivity index (χ4v) is 0.712. The average Bonchev–Trinajstić information content (AvgIpc) is 2.54. The molecule has 0 saturated heterocycles. The highest BCUT2D eigenvalue weighted by molar-refractivity contribution is 4.74. The molecule has 0 aliphatic carbocycles. The fourth-order valence-electron chi connectivity index (χ4n) is 0.712. The number of rotatable bonds is 0. The van der Waals surface area contributed by atoms with Crippen molar-refractivity contribution in [3.05, 3.63) is 68.0 Å². The summed E-state index contributed by atoms with van der Waals surface area (Å²) in [6.45, 7) is 0. The molecule has 7 nitrogen and oxygen atoms in total. The Hall–Kier alpha value is -2.83. The summed E-state index contributed by atoms with van der Waals surface area (Å²) in [5, 5.41) is 10.1. The molecule has 3 rings (SSSR count). The van der Waals surface area contributed by atoms with Crippen molar-refractivity contribution in [1.29, 1.82) is 0 Å². The first-order chi connectivity index (χ1) is 9.00. The standard InChI is InChI=1S/2C4H4N2.C3H3N3/c2*1-2-5-4-6-3-1;1-2-4-6-5-3-1/h2*1-4H;1-3H. The highest BCUT2D eigenvalue weighted by Crippen LogP contribution is 1.67. The van der Waals surface area contributed by atoms with Crippen molar-refractivity contribution in [2.45, 2.75) is 0 Å². The summed E-state index contributed by atoms with van der Waals surface area (Å²) in [6.07, 6.45) is 12.9. The van der Waals surface area contributed by atoms with Crippen LogP contribution in [0.5, 0.6) is 0 Å². The van der Waals surface area contributed by atoms with Crippen LogP contribution in [-0.2, 0) is 0 Å². The van der Waals surface area contributed by atoms with Gasteiger partial charge >= 0.3 is 0 Å². The minimum absolute atomic E-state index is 1.50. The van der Waals surface area contributed by atoms with Gasteiger partial charge in [0.2, 0.25) is 0 Å². The molecule has 0 N–H and O–H groups in total. The van der Waals surface area contributed by atoms with Gasteiger partial charge in [0.25, 0.3) is 0 Å². The van der Waals surface area contributed by atoms with Gasteiger partial charge in [0.15, 0.2) is 0 Å². The molecule has 0 aromatic carbocycles. The smallest absolute Gasteiger partial charge is 0.115 e. The Morgan fingerprint density at radius 1 is 0.444 bits per heavy atom. The van der Waals surface area contributed by atoms with Crippen LogP contribution in [0.25, 0.3) is 0 Å². The first-order valence-corrected chi connectivity index (χ1v) is 4.98. The van der Waals surface area contributed by atoms with Crippen molar-refractivity contribution in [2.75, 3.05) is 0 Å². The van der Waals surface area contributed by atoms with Gasteiger partial charge in [-0.25, -0.2) is 19.9 Å². The van der Waals surface area contributed by atoms with Crippen molar-refractivity contribution < 1.29 is 0 Å². The van der Waals surface area contributed by atoms with Gasteiger partial charge in [0, 0.05) is 24.8 Å². The lowest BCUT2D eigenvalue weighted by Gasteiger charge is -1.70. The van der Waals surface area contributed by atoms with E-state index in [2.05, 4.69) is 35.3 Å². The molecule has 0 unspecified atom stereocenters. The summed E-state index contributed by atoms with van der Waals surface area (Å²) < 4.78 is 0. The molecule has 0 spiro atoms. The van der Waals surface area contributed by atoms with Crippen molar-refractivity contribution in [1.82, 2.24) is 35.3 Å². The Labute approximate surface area is 104 Å². The summed E-state index contributed by atoms with van der Waals surface area (Å²) in [5.74, 6) is 0. The van der Waals surface area contributed by atoms with E-state index in [0.29, 0.717) is 0 Å². The van der Waals surface area contributed by atoms with E-state index in [0.717, 1.165) is 0 Å². The lowest BCUT2D eigenvalue weighted by Crippen LogP contribution is -1.78. The molecule has 90 valence electrons. The first kappa shape index (κ1) is 13.2. The van der Waals surface area contributed by atoms with E-state index < -0.39 is 0 Å². The fraction of sp³-hybridized carbons (Fsp3) is 0. The molecule has 0 amide bonds. The zero-order valence-corrected chi connectivity index (χ0v) is 9.48. The maximum Gasteiger partial charge on any atom is 0.115 e. The van der Waals surface area contributed by atoms with Crippen molar-refractivity contribution >= 4 is 0 Å². The van der Waals surface area contributed by atoms with Gasteiger partial charge in [-0.1, -0.05) is 0 Å². The van der Waals surface area contributed by atoms with Crippen LogP contribution in [0.3, 0.4) is 0 Å². The van der Waals surface area contributed by atoms with E-state index in [4.69, 9.17) is 0 Å². The van der Waals surface area contributed by atoms with Crippen molar-refractivity contribution in [3.63, 3.8) is 0 Å². The quantitative estimate of drug-likeness (QED) is 0.575. The predicted octanol–water partition coefficient (Wildman–Crippen LogP) is 0.825. The zero-order chi connectivity index (χ0) is 12.7. The van der Waals surface area contributed by atoms with E-state index in [1.807, 2.05) is 0 Å². The molecule has 3 aromatic heterocycles. The Morgan fingerprint density at radius 3 is 0.944 bits per heavy atom. The second kappa shape index (κ2) is 10.7. The third-order valence-electron chi connectivity index (χ3n) is 1.36. The van der Waals surface area contributed by atoms with Crippen LogP contribution in [0.15, 0.2) is 68.0 Å².